The molecule has 0 unspecified atom stereocenters. The minimum atomic E-state index is -0.510. The molecule has 0 aromatic heterocycles. The Hall–Kier alpha value is -7.62. The Balaban J connectivity index is 1.11. The zero-order chi connectivity index (χ0) is 39.6. The van der Waals surface area contributed by atoms with Crippen molar-refractivity contribution in [2.45, 2.75) is 5.41 Å². The molecule has 0 saturated carbocycles. The molecule has 2 nitrogen and oxygen atoms in total. The number of benzene rings is 10. The average molecular weight is 763 g/mol. The Bertz CT molecular complexity index is 3210. The van der Waals surface area contributed by atoms with E-state index in [-0.39, 0.29) is 0 Å². The van der Waals surface area contributed by atoms with E-state index in [1.54, 1.807) is 0 Å². The van der Waals surface area contributed by atoms with Crippen LogP contribution in [0.3, 0.4) is 0 Å². The van der Waals surface area contributed by atoms with E-state index in [2.05, 4.69) is 235 Å². The van der Waals surface area contributed by atoms with Gasteiger partial charge in [-0.05, 0) is 102 Å². The third-order valence-corrected chi connectivity index (χ3v) is 12.9. The largest absolute Gasteiger partial charge is 0.355 e. The number of rotatable bonds is 6. The van der Waals surface area contributed by atoms with Crippen molar-refractivity contribution in [3.05, 3.63) is 247 Å². The van der Waals surface area contributed by atoms with Crippen molar-refractivity contribution >= 4 is 68.2 Å². The van der Waals surface area contributed by atoms with E-state index in [0.29, 0.717) is 0 Å². The highest BCUT2D eigenvalue weighted by molar-refractivity contribution is 6.74. The van der Waals surface area contributed by atoms with Crippen LogP contribution in [0, 0.1) is 0 Å². The maximum Gasteiger partial charge on any atom is 0.198 e. The number of hydrogen-bond acceptors (Lipinski definition) is 2. The minimum absolute atomic E-state index is 0.510. The zero-order valence-corrected chi connectivity index (χ0v) is 33.0. The van der Waals surface area contributed by atoms with E-state index in [9.17, 15) is 0 Å². The van der Waals surface area contributed by atoms with Crippen LogP contribution in [0.25, 0.3) is 43.8 Å². The zero-order valence-electron chi connectivity index (χ0n) is 33.0. The molecule has 2 aliphatic rings. The third kappa shape index (κ3) is 5.22. The highest BCUT2D eigenvalue weighted by Gasteiger charge is 2.48. The first-order valence-electron chi connectivity index (χ1n) is 20.9. The fraction of sp³-hybridized carbons (Fsp3) is 0.0175. The van der Waals surface area contributed by atoms with Crippen LogP contribution in [0.5, 0.6) is 0 Å². The molecule has 0 spiro atoms. The molecule has 2 aliphatic heterocycles. The summed E-state index contributed by atoms with van der Waals surface area (Å²) in [5.74, 6) is 0. The topological polar surface area (TPSA) is 15.3 Å². The van der Waals surface area contributed by atoms with Crippen molar-refractivity contribution in [3.8, 4) is 22.3 Å². The van der Waals surface area contributed by atoms with Crippen molar-refractivity contribution in [1.29, 1.82) is 0 Å². The van der Waals surface area contributed by atoms with Gasteiger partial charge in [0.15, 0.2) is 7.28 Å². The smallest absolute Gasteiger partial charge is 0.198 e. The highest BCUT2D eigenvalue weighted by Crippen LogP contribution is 2.58. The van der Waals surface area contributed by atoms with Crippen molar-refractivity contribution in [2.75, 3.05) is 10.2 Å². The van der Waals surface area contributed by atoms with Gasteiger partial charge in [-0.2, -0.15) is 0 Å². The van der Waals surface area contributed by atoms with Gasteiger partial charge in [0.25, 0.3) is 0 Å². The minimum Gasteiger partial charge on any atom is -0.355 e. The number of anilines is 5. The van der Waals surface area contributed by atoms with Crippen LogP contribution in [-0.4, -0.2) is 7.28 Å². The lowest BCUT2D eigenvalue weighted by Crippen LogP contribution is -2.47. The molecule has 60 heavy (non-hydrogen) atoms. The molecule has 0 aliphatic carbocycles. The molecular weight excluding hydrogens is 723 g/mol. The fourth-order valence-electron chi connectivity index (χ4n) is 10.3. The number of nitrogens with zero attached hydrogens (tertiary/aromatic N) is 1. The van der Waals surface area contributed by atoms with Crippen LogP contribution in [-0.2, 0) is 5.41 Å². The quantitative estimate of drug-likeness (QED) is 0.170. The normalized spacial score (nSPS) is 13.2. The molecule has 2 heterocycles. The van der Waals surface area contributed by atoms with Crippen molar-refractivity contribution in [1.82, 2.24) is 0 Å². The van der Waals surface area contributed by atoms with E-state index in [0.717, 1.165) is 18.7 Å². The lowest BCUT2D eigenvalue weighted by atomic mass is 9.54. The predicted molar refractivity (Wildman–Crippen MR) is 255 cm³/mol. The second kappa shape index (κ2) is 13.8. The van der Waals surface area contributed by atoms with Gasteiger partial charge in [-0.3, -0.25) is 0 Å². The van der Waals surface area contributed by atoms with Crippen LogP contribution in [0.4, 0.5) is 28.4 Å². The molecule has 280 valence electrons. The standard InChI is InChI=1S/C57H39BN2/c1-4-17-38(18-5-1)39-31-33-45(34-32-39)59-51-36-41-20-11-10-19-40(41)35-47(51)54-46-26-13-12-21-42(46)37-53-55(54)58-50-29-16-28-49-56(50)60(53)52-30-15-14-27-48(52)57(49,43-22-6-2-7-23-43)44-24-8-3-9-25-44/h1-37,58-59H. The van der Waals surface area contributed by atoms with Gasteiger partial charge in [0, 0.05) is 28.3 Å². The molecule has 12 rings (SSSR count). The summed E-state index contributed by atoms with van der Waals surface area (Å²) in [5, 5.41) is 8.82. The average Bonchev–Trinajstić information content (AvgIpc) is 3.32. The van der Waals surface area contributed by atoms with Crippen LogP contribution in [0.15, 0.2) is 224 Å². The first kappa shape index (κ1) is 34.4. The molecule has 0 bridgehead atoms. The van der Waals surface area contributed by atoms with Gasteiger partial charge in [-0.1, -0.05) is 194 Å². The number of nitrogens with one attached hydrogen (secondary N) is 1. The van der Waals surface area contributed by atoms with Crippen molar-refractivity contribution in [3.63, 3.8) is 0 Å². The monoisotopic (exact) mass is 762 g/mol. The summed E-state index contributed by atoms with van der Waals surface area (Å²) in [6.45, 7) is 0. The van der Waals surface area contributed by atoms with Crippen molar-refractivity contribution in [2.24, 2.45) is 0 Å². The van der Waals surface area contributed by atoms with Crippen LogP contribution in [0.1, 0.15) is 22.3 Å². The lowest BCUT2D eigenvalue weighted by Gasteiger charge is -2.49. The third-order valence-electron chi connectivity index (χ3n) is 12.9. The summed E-state index contributed by atoms with van der Waals surface area (Å²) in [6.07, 6.45) is 0. The highest BCUT2D eigenvalue weighted by atomic mass is 15.2. The van der Waals surface area contributed by atoms with E-state index in [4.69, 9.17) is 0 Å². The van der Waals surface area contributed by atoms with E-state index < -0.39 is 5.41 Å². The number of hydrogen-bond donors (Lipinski definition) is 1. The van der Waals surface area contributed by atoms with Crippen LogP contribution in [0.2, 0.25) is 0 Å². The van der Waals surface area contributed by atoms with E-state index >= 15 is 0 Å². The van der Waals surface area contributed by atoms with Gasteiger partial charge < -0.3 is 10.2 Å². The second-order valence-corrected chi connectivity index (χ2v) is 16.1. The molecular formula is C57H39BN2. The summed E-state index contributed by atoms with van der Waals surface area (Å²) in [6, 6.07) is 82.7. The Morgan fingerprint density at radius 2 is 1.02 bits per heavy atom. The molecule has 0 fully saturated rings. The maximum atomic E-state index is 3.93. The summed E-state index contributed by atoms with van der Waals surface area (Å²) in [7, 11) is 0.801. The first-order valence-corrected chi connectivity index (χ1v) is 20.9. The predicted octanol–water partition coefficient (Wildman–Crippen LogP) is 12.9. The number of fused-ring (bicyclic) bond motifs is 6. The summed E-state index contributed by atoms with van der Waals surface area (Å²) in [5.41, 5.74) is 18.0. The summed E-state index contributed by atoms with van der Waals surface area (Å²) >= 11 is 0. The van der Waals surface area contributed by atoms with Gasteiger partial charge in [-0.25, -0.2) is 0 Å². The Morgan fingerprint density at radius 3 is 1.75 bits per heavy atom. The lowest BCUT2D eigenvalue weighted by molar-refractivity contribution is 0.732. The Labute approximate surface area is 351 Å². The Kier molecular flexibility index (Phi) is 7.89. The van der Waals surface area contributed by atoms with Crippen LogP contribution >= 0.6 is 0 Å². The molecule has 0 saturated heterocycles. The number of para-hydroxylation sites is 2. The summed E-state index contributed by atoms with van der Waals surface area (Å²) in [4.78, 5) is 2.59. The molecule has 3 heteroatoms. The Morgan fingerprint density at radius 1 is 0.433 bits per heavy atom. The van der Waals surface area contributed by atoms with Gasteiger partial charge in [-0.15, -0.1) is 0 Å². The molecule has 1 N–H and O–H groups in total. The van der Waals surface area contributed by atoms with Gasteiger partial charge in [0.2, 0.25) is 0 Å². The molecule has 10 aromatic rings. The maximum absolute atomic E-state index is 3.93. The molecule has 0 radical (unpaired) electrons. The molecule has 0 atom stereocenters. The van der Waals surface area contributed by atoms with Gasteiger partial charge in [0.1, 0.15) is 0 Å². The SMILES string of the molecule is B1c2cccc3c2N(c2ccccc2C3(c2ccccc2)c2ccccc2)c2cc3ccccc3c(-c3cc4ccccc4cc3Nc3ccc(-c4ccccc4)cc3)c21. The van der Waals surface area contributed by atoms with E-state index in [1.165, 1.54) is 94.0 Å². The van der Waals surface area contributed by atoms with Crippen molar-refractivity contribution < 1.29 is 0 Å². The van der Waals surface area contributed by atoms with E-state index in [1.807, 2.05) is 0 Å². The van der Waals surface area contributed by atoms with Gasteiger partial charge >= 0.3 is 0 Å². The second-order valence-electron chi connectivity index (χ2n) is 16.1. The molecule has 0 amide bonds. The van der Waals surface area contributed by atoms with Crippen LogP contribution < -0.4 is 21.1 Å². The first-order chi connectivity index (χ1) is 29.8. The summed E-state index contributed by atoms with van der Waals surface area (Å²) < 4.78 is 0. The van der Waals surface area contributed by atoms with Gasteiger partial charge in [0.05, 0.1) is 11.1 Å². The fourth-order valence-corrected chi connectivity index (χ4v) is 10.3. The molecule has 10 aromatic carbocycles.